The Kier molecular flexibility index (Phi) is 4.39. The first-order chi connectivity index (χ1) is 9.50. The predicted molar refractivity (Wildman–Crippen MR) is 76.5 cm³/mol. The van der Waals surface area contributed by atoms with Crippen molar-refractivity contribution in [3.63, 3.8) is 0 Å². The van der Waals surface area contributed by atoms with Gasteiger partial charge in [0.15, 0.2) is 6.61 Å². The van der Waals surface area contributed by atoms with Crippen LogP contribution in [0.2, 0.25) is 0 Å². The second kappa shape index (κ2) is 6.05. The highest BCUT2D eigenvalue weighted by Gasteiger charge is 2.21. The van der Waals surface area contributed by atoms with Crippen LogP contribution in [-0.2, 0) is 18.6 Å². The molecule has 5 heteroatoms. The maximum Gasteiger partial charge on any atom is 0.232 e. The molecule has 20 heavy (non-hydrogen) atoms. The van der Waals surface area contributed by atoms with Crippen LogP contribution < -0.4 is 10.1 Å². The van der Waals surface area contributed by atoms with Crippen LogP contribution in [0.15, 0.2) is 28.8 Å². The first-order valence-corrected chi connectivity index (χ1v) is 6.69. The normalized spacial score (nSPS) is 11.6. The monoisotopic (exact) mass is 275 g/mol. The molecule has 0 bridgehead atoms. The molecule has 0 amide bonds. The maximum atomic E-state index is 5.78. The topological polar surface area (TPSA) is 60.2 Å². The van der Waals surface area contributed by atoms with E-state index in [9.17, 15) is 0 Å². The van der Waals surface area contributed by atoms with Gasteiger partial charge in [0.2, 0.25) is 11.7 Å². The Balaban J connectivity index is 2.04. The zero-order chi connectivity index (χ0) is 14.6. The number of nitrogens with one attached hydrogen (secondary N) is 1. The molecule has 0 aliphatic heterocycles. The summed E-state index contributed by atoms with van der Waals surface area (Å²) in [5, 5.41) is 7.06. The van der Waals surface area contributed by atoms with E-state index in [0.717, 1.165) is 17.9 Å². The summed E-state index contributed by atoms with van der Waals surface area (Å²) < 4.78 is 11.0. The Morgan fingerprint density at radius 3 is 2.65 bits per heavy atom. The van der Waals surface area contributed by atoms with Gasteiger partial charge >= 0.3 is 0 Å². The molecule has 108 valence electrons. The Bertz CT molecular complexity index is 558. The number of aromatic nitrogens is 2. The minimum Gasteiger partial charge on any atom is -0.485 e. The summed E-state index contributed by atoms with van der Waals surface area (Å²) in [5.74, 6) is 2.03. The molecule has 1 aromatic heterocycles. The van der Waals surface area contributed by atoms with Crippen molar-refractivity contribution in [3.05, 3.63) is 41.5 Å². The quantitative estimate of drug-likeness (QED) is 0.909. The Morgan fingerprint density at radius 1 is 1.25 bits per heavy atom. The SMILES string of the molecule is CNCc1ccccc1OCc1noc(C(C)(C)C)n1. The van der Waals surface area contributed by atoms with E-state index in [1.54, 1.807) is 0 Å². The third-order valence-corrected chi connectivity index (χ3v) is 2.81. The van der Waals surface area contributed by atoms with Gasteiger partial charge in [-0.1, -0.05) is 44.1 Å². The summed E-state index contributed by atoms with van der Waals surface area (Å²) in [7, 11) is 1.91. The van der Waals surface area contributed by atoms with Crippen molar-refractivity contribution in [3.8, 4) is 5.75 Å². The molecule has 5 nitrogen and oxygen atoms in total. The minimum atomic E-state index is -0.144. The molecule has 0 aliphatic carbocycles. The molecule has 1 N–H and O–H groups in total. The highest BCUT2D eigenvalue weighted by molar-refractivity contribution is 5.33. The van der Waals surface area contributed by atoms with Gasteiger partial charge in [-0.2, -0.15) is 4.98 Å². The summed E-state index contributed by atoms with van der Waals surface area (Å²) in [6.45, 7) is 7.17. The Morgan fingerprint density at radius 2 is 2.00 bits per heavy atom. The van der Waals surface area contributed by atoms with Gasteiger partial charge in [-0.05, 0) is 13.1 Å². The van der Waals surface area contributed by atoms with Crippen LogP contribution in [0.1, 0.15) is 38.0 Å². The van der Waals surface area contributed by atoms with Crippen molar-refractivity contribution in [2.75, 3.05) is 7.05 Å². The fraction of sp³-hybridized carbons (Fsp3) is 0.467. The Hall–Kier alpha value is -1.88. The van der Waals surface area contributed by atoms with Crippen molar-refractivity contribution in [2.45, 2.75) is 39.3 Å². The van der Waals surface area contributed by atoms with E-state index in [1.165, 1.54) is 0 Å². The zero-order valence-electron chi connectivity index (χ0n) is 12.4. The fourth-order valence-corrected chi connectivity index (χ4v) is 1.74. The molecular weight excluding hydrogens is 254 g/mol. The van der Waals surface area contributed by atoms with Gasteiger partial charge in [0.25, 0.3) is 0 Å². The van der Waals surface area contributed by atoms with Crippen molar-refractivity contribution in [1.82, 2.24) is 15.5 Å². The van der Waals surface area contributed by atoms with E-state index in [1.807, 2.05) is 52.1 Å². The molecule has 1 heterocycles. The van der Waals surface area contributed by atoms with Crippen LogP contribution >= 0.6 is 0 Å². The number of benzene rings is 1. The number of para-hydroxylation sites is 1. The van der Waals surface area contributed by atoms with E-state index in [2.05, 4.69) is 15.5 Å². The number of nitrogens with zero attached hydrogens (tertiary/aromatic N) is 2. The van der Waals surface area contributed by atoms with Crippen LogP contribution in [-0.4, -0.2) is 17.2 Å². The number of hydrogen-bond acceptors (Lipinski definition) is 5. The number of ether oxygens (including phenoxy) is 1. The highest BCUT2D eigenvalue weighted by atomic mass is 16.5. The third kappa shape index (κ3) is 3.57. The van der Waals surface area contributed by atoms with Crippen LogP contribution in [0, 0.1) is 0 Å². The summed E-state index contributed by atoms with van der Waals surface area (Å²) in [6, 6.07) is 7.91. The minimum absolute atomic E-state index is 0.144. The summed E-state index contributed by atoms with van der Waals surface area (Å²) >= 11 is 0. The summed E-state index contributed by atoms with van der Waals surface area (Å²) in [6.07, 6.45) is 0. The summed E-state index contributed by atoms with van der Waals surface area (Å²) in [4.78, 5) is 4.35. The molecule has 2 aromatic rings. The predicted octanol–water partition coefficient (Wildman–Crippen LogP) is 2.67. The second-order valence-corrected chi connectivity index (χ2v) is 5.69. The van der Waals surface area contributed by atoms with Gasteiger partial charge < -0.3 is 14.6 Å². The average molecular weight is 275 g/mol. The van der Waals surface area contributed by atoms with E-state index in [4.69, 9.17) is 9.26 Å². The lowest BCUT2D eigenvalue weighted by Crippen LogP contribution is -2.12. The van der Waals surface area contributed by atoms with Crippen LogP contribution in [0.3, 0.4) is 0 Å². The molecule has 0 radical (unpaired) electrons. The van der Waals surface area contributed by atoms with Crippen LogP contribution in [0.25, 0.3) is 0 Å². The van der Waals surface area contributed by atoms with E-state index in [0.29, 0.717) is 18.3 Å². The van der Waals surface area contributed by atoms with Gasteiger partial charge in [-0.15, -0.1) is 0 Å². The molecule has 0 atom stereocenters. The van der Waals surface area contributed by atoms with E-state index < -0.39 is 0 Å². The standard InChI is InChI=1S/C15H21N3O2/c1-15(2,3)14-17-13(18-20-14)10-19-12-8-6-5-7-11(12)9-16-4/h5-8,16H,9-10H2,1-4H3. The molecule has 0 aliphatic rings. The fourth-order valence-electron chi connectivity index (χ4n) is 1.74. The number of hydrogen-bond donors (Lipinski definition) is 1. The van der Waals surface area contributed by atoms with Gasteiger partial charge in [0, 0.05) is 17.5 Å². The molecule has 0 saturated heterocycles. The molecule has 0 saturated carbocycles. The van der Waals surface area contributed by atoms with Crippen molar-refractivity contribution < 1.29 is 9.26 Å². The molecule has 0 fully saturated rings. The smallest absolute Gasteiger partial charge is 0.232 e. The summed E-state index contributed by atoms with van der Waals surface area (Å²) in [5.41, 5.74) is 0.962. The lowest BCUT2D eigenvalue weighted by atomic mass is 9.97. The third-order valence-electron chi connectivity index (χ3n) is 2.81. The maximum absolute atomic E-state index is 5.78. The van der Waals surface area contributed by atoms with Crippen LogP contribution in [0.5, 0.6) is 5.75 Å². The second-order valence-electron chi connectivity index (χ2n) is 5.69. The first-order valence-electron chi connectivity index (χ1n) is 6.69. The average Bonchev–Trinajstić information content (AvgIpc) is 2.87. The van der Waals surface area contributed by atoms with Gasteiger partial charge in [0.05, 0.1) is 0 Å². The van der Waals surface area contributed by atoms with Crippen molar-refractivity contribution >= 4 is 0 Å². The number of rotatable bonds is 5. The van der Waals surface area contributed by atoms with Gasteiger partial charge in [0.1, 0.15) is 5.75 Å². The van der Waals surface area contributed by atoms with Gasteiger partial charge in [-0.3, -0.25) is 0 Å². The Labute approximate surface area is 119 Å². The molecule has 2 rings (SSSR count). The molecule has 1 aromatic carbocycles. The lowest BCUT2D eigenvalue weighted by Gasteiger charge is -2.10. The molecule has 0 spiro atoms. The van der Waals surface area contributed by atoms with Crippen molar-refractivity contribution in [2.24, 2.45) is 0 Å². The van der Waals surface area contributed by atoms with E-state index in [-0.39, 0.29) is 5.41 Å². The first kappa shape index (κ1) is 14.5. The molecular formula is C15H21N3O2. The molecule has 0 unspecified atom stereocenters. The zero-order valence-corrected chi connectivity index (χ0v) is 12.4. The highest BCUT2D eigenvalue weighted by Crippen LogP contribution is 2.21. The largest absolute Gasteiger partial charge is 0.485 e. The van der Waals surface area contributed by atoms with Crippen LogP contribution in [0.4, 0.5) is 0 Å². The van der Waals surface area contributed by atoms with E-state index >= 15 is 0 Å². The van der Waals surface area contributed by atoms with Gasteiger partial charge in [-0.25, -0.2) is 0 Å². The lowest BCUT2D eigenvalue weighted by molar-refractivity contribution is 0.277. The van der Waals surface area contributed by atoms with Crippen molar-refractivity contribution in [1.29, 1.82) is 0 Å².